The molecule has 0 saturated carbocycles. The number of carboxylic acid groups (broad SMARTS) is 1. The molecule has 0 aliphatic rings. The van der Waals surface area contributed by atoms with Crippen molar-refractivity contribution in [2.75, 3.05) is 0 Å². The second-order valence-corrected chi connectivity index (χ2v) is 5.48. The zero-order valence-corrected chi connectivity index (χ0v) is 13.5. The molecule has 4 heteroatoms. The van der Waals surface area contributed by atoms with E-state index in [4.69, 9.17) is 4.42 Å². The molecule has 1 aromatic heterocycles. The fraction of sp³-hybridized carbons (Fsp3) is 0.100. The van der Waals surface area contributed by atoms with Crippen molar-refractivity contribution >= 4 is 11.5 Å². The highest BCUT2D eigenvalue weighted by molar-refractivity contribution is 5.94. The van der Waals surface area contributed by atoms with E-state index in [0.29, 0.717) is 22.9 Å². The number of rotatable bonds is 4. The zero-order valence-electron chi connectivity index (χ0n) is 13.5. The molecule has 0 amide bonds. The lowest BCUT2D eigenvalue weighted by molar-refractivity contribution is -0.132. The van der Waals surface area contributed by atoms with Gasteiger partial charge in [-0.2, -0.15) is 0 Å². The van der Waals surface area contributed by atoms with Crippen molar-refractivity contribution < 1.29 is 14.3 Å². The van der Waals surface area contributed by atoms with Gasteiger partial charge >= 0.3 is 5.97 Å². The molecule has 24 heavy (non-hydrogen) atoms. The monoisotopic (exact) mass is 319 g/mol. The maximum absolute atomic E-state index is 11.2. The molecule has 0 radical (unpaired) electrons. The number of nitrogens with zero attached hydrogens (tertiary/aromatic N) is 1. The normalized spacial score (nSPS) is 11.9. The number of carboxylic acids is 1. The van der Waals surface area contributed by atoms with Crippen LogP contribution in [0.5, 0.6) is 0 Å². The molecule has 0 fully saturated rings. The van der Waals surface area contributed by atoms with Crippen molar-refractivity contribution in [1.29, 1.82) is 0 Å². The highest BCUT2D eigenvalue weighted by Gasteiger charge is 2.19. The molecule has 0 aliphatic carbocycles. The van der Waals surface area contributed by atoms with Gasteiger partial charge in [0.05, 0.1) is 0 Å². The average Bonchev–Trinajstić information content (AvgIpc) is 3.07. The van der Waals surface area contributed by atoms with E-state index in [0.717, 1.165) is 11.1 Å². The summed E-state index contributed by atoms with van der Waals surface area (Å²) in [6, 6.07) is 19.4. The van der Waals surface area contributed by atoms with Gasteiger partial charge in [0.15, 0.2) is 5.76 Å². The fourth-order valence-corrected chi connectivity index (χ4v) is 2.38. The third-order valence-corrected chi connectivity index (χ3v) is 3.91. The molecule has 1 heterocycles. The van der Waals surface area contributed by atoms with Gasteiger partial charge < -0.3 is 9.52 Å². The molecule has 3 rings (SSSR count). The van der Waals surface area contributed by atoms with Crippen LogP contribution < -0.4 is 0 Å². The molecular formula is C20H17NO3. The topological polar surface area (TPSA) is 63.3 Å². The summed E-state index contributed by atoms with van der Waals surface area (Å²) >= 11 is 0. The smallest absolute Gasteiger partial charge is 0.331 e. The summed E-state index contributed by atoms with van der Waals surface area (Å²) in [5.41, 5.74) is 3.26. The Hall–Kier alpha value is -3.14. The summed E-state index contributed by atoms with van der Waals surface area (Å²) in [4.78, 5) is 15.8. The number of hydrogen-bond acceptors (Lipinski definition) is 3. The summed E-state index contributed by atoms with van der Waals surface area (Å²) in [5, 5.41) is 9.20. The van der Waals surface area contributed by atoms with Crippen LogP contribution in [0.1, 0.15) is 19.7 Å². The second-order valence-electron chi connectivity index (χ2n) is 5.48. The number of aromatic nitrogens is 1. The van der Waals surface area contributed by atoms with Gasteiger partial charge in [-0.05, 0) is 13.8 Å². The van der Waals surface area contributed by atoms with Crippen LogP contribution in [-0.2, 0) is 4.79 Å². The Kier molecular flexibility index (Phi) is 4.29. The van der Waals surface area contributed by atoms with E-state index in [1.54, 1.807) is 13.8 Å². The van der Waals surface area contributed by atoms with Gasteiger partial charge in [0, 0.05) is 22.3 Å². The predicted molar refractivity (Wildman–Crippen MR) is 93.3 cm³/mol. The summed E-state index contributed by atoms with van der Waals surface area (Å²) < 4.78 is 5.96. The van der Waals surface area contributed by atoms with Crippen molar-refractivity contribution in [1.82, 2.24) is 4.98 Å². The molecular weight excluding hydrogens is 302 g/mol. The van der Waals surface area contributed by atoms with Crippen LogP contribution in [0.25, 0.3) is 28.2 Å². The molecule has 4 nitrogen and oxygen atoms in total. The molecule has 120 valence electrons. The van der Waals surface area contributed by atoms with Crippen molar-refractivity contribution in [2.45, 2.75) is 13.8 Å². The van der Waals surface area contributed by atoms with Gasteiger partial charge in [-0.3, -0.25) is 0 Å². The van der Waals surface area contributed by atoms with Crippen molar-refractivity contribution in [3.8, 4) is 22.6 Å². The van der Waals surface area contributed by atoms with Crippen LogP contribution in [0.15, 0.2) is 70.7 Å². The molecule has 0 unspecified atom stereocenters. The number of allylic oxidation sites excluding steroid dienone is 1. The Morgan fingerprint density at radius 2 is 1.46 bits per heavy atom. The minimum atomic E-state index is -0.978. The van der Waals surface area contributed by atoms with Gasteiger partial charge in [-0.25, -0.2) is 9.78 Å². The standard InChI is InChI=1S/C20H17NO3/c1-13(14(2)20(22)23)19-21-17(15-9-5-3-6-10-15)18(24-19)16-11-7-4-8-12-16/h3-12H,1-2H3,(H,22,23)/b14-13+. The quantitative estimate of drug-likeness (QED) is 0.696. The van der Waals surface area contributed by atoms with E-state index in [9.17, 15) is 9.90 Å². The predicted octanol–water partition coefficient (Wildman–Crippen LogP) is 4.89. The van der Waals surface area contributed by atoms with Crippen LogP contribution in [0.3, 0.4) is 0 Å². The maximum Gasteiger partial charge on any atom is 0.331 e. The third-order valence-electron chi connectivity index (χ3n) is 3.91. The van der Waals surface area contributed by atoms with Crippen LogP contribution in [0.4, 0.5) is 0 Å². The first-order valence-electron chi connectivity index (χ1n) is 7.60. The van der Waals surface area contributed by atoms with Crippen LogP contribution in [-0.4, -0.2) is 16.1 Å². The Morgan fingerprint density at radius 1 is 0.917 bits per heavy atom. The van der Waals surface area contributed by atoms with E-state index >= 15 is 0 Å². The Morgan fingerprint density at radius 3 is 2.00 bits per heavy atom. The number of oxazole rings is 1. The number of carbonyl (C=O) groups is 1. The number of benzene rings is 2. The zero-order chi connectivity index (χ0) is 17.1. The lowest BCUT2D eigenvalue weighted by atomic mass is 10.1. The first-order chi connectivity index (χ1) is 11.6. The minimum absolute atomic E-state index is 0.218. The van der Waals surface area contributed by atoms with E-state index in [1.165, 1.54) is 0 Å². The lowest BCUT2D eigenvalue weighted by Gasteiger charge is -2.01. The molecule has 2 aromatic carbocycles. The lowest BCUT2D eigenvalue weighted by Crippen LogP contribution is -1.99. The van der Waals surface area contributed by atoms with Gasteiger partial charge in [0.2, 0.25) is 5.89 Å². The summed E-state index contributed by atoms with van der Waals surface area (Å²) in [6.45, 7) is 3.26. The first kappa shape index (κ1) is 15.7. The summed E-state index contributed by atoms with van der Waals surface area (Å²) in [5.74, 6) is -0.0184. The van der Waals surface area contributed by atoms with Gasteiger partial charge in [0.25, 0.3) is 0 Å². The molecule has 0 bridgehead atoms. The van der Waals surface area contributed by atoms with E-state index in [2.05, 4.69) is 4.98 Å². The fourth-order valence-electron chi connectivity index (χ4n) is 2.38. The van der Waals surface area contributed by atoms with Gasteiger partial charge in [0.1, 0.15) is 5.69 Å². The van der Waals surface area contributed by atoms with Gasteiger partial charge in [-0.15, -0.1) is 0 Å². The van der Waals surface area contributed by atoms with Crippen molar-refractivity contribution in [3.63, 3.8) is 0 Å². The van der Waals surface area contributed by atoms with E-state index < -0.39 is 5.97 Å². The summed E-state index contributed by atoms with van der Waals surface area (Å²) in [6.07, 6.45) is 0. The SMILES string of the molecule is C/C(C(=O)O)=C(/C)c1nc(-c2ccccc2)c(-c2ccccc2)o1. The van der Waals surface area contributed by atoms with Gasteiger partial charge in [-0.1, -0.05) is 60.7 Å². The Balaban J connectivity index is 2.21. The molecule has 0 spiro atoms. The third kappa shape index (κ3) is 2.99. The second kappa shape index (κ2) is 6.54. The van der Waals surface area contributed by atoms with Crippen LogP contribution in [0.2, 0.25) is 0 Å². The highest BCUT2D eigenvalue weighted by atomic mass is 16.4. The molecule has 0 aliphatic heterocycles. The average molecular weight is 319 g/mol. The Labute approximate surface area is 140 Å². The van der Waals surface area contributed by atoms with Crippen molar-refractivity contribution in [3.05, 3.63) is 72.1 Å². The largest absolute Gasteiger partial charge is 0.478 e. The van der Waals surface area contributed by atoms with Crippen LogP contribution >= 0.6 is 0 Å². The minimum Gasteiger partial charge on any atom is -0.478 e. The van der Waals surface area contributed by atoms with E-state index in [-0.39, 0.29) is 5.57 Å². The molecule has 0 atom stereocenters. The summed E-state index contributed by atoms with van der Waals surface area (Å²) in [7, 11) is 0. The number of hydrogen-bond donors (Lipinski definition) is 1. The Bertz CT molecular complexity index is 836. The van der Waals surface area contributed by atoms with Crippen LogP contribution in [0, 0.1) is 0 Å². The first-order valence-corrected chi connectivity index (χ1v) is 7.60. The van der Waals surface area contributed by atoms with Crippen molar-refractivity contribution in [2.24, 2.45) is 0 Å². The molecule has 0 saturated heterocycles. The molecule has 1 N–H and O–H groups in total. The van der Waals surface area contributed by atoms with E-state index in [1.807, 2.05) is 60.7 Å². The molecule has 3 aromatic rings. The maximum atomic E-state index is 11.2. The number of aliphatic carboxylic acids is 1. The highest BCUT2D eigenvalue weighted by Crippen LogP contribution is 2.34.